The maximum absolute atomic E-state index is 13.3. The standard InChI is InChI=1S/C21H21F2N5O2S.CH4/c1-12(18(22)23)26-8-7-15-16(10-26)31-20-17(15)19-24-11-25-28(19)21(29)27(20)9-13-3-5-14(30-2)6-4-13;/h3-6,11-12,18H,7-10H2,1-2H3;1H4. The molecule has 0 saturated carbocycles. The minimum Gasteiger partial charge on any atom is -0.497 e. The summed E-state index contributed by atoms with van der Waals surface area (Å²) in [6, 6.07) is 6.74. The number of hydrogen-bond donors (Lipinski definition) is 0. The number of alkyl halides is 2. The van der Waals surface area contributed by atoms with Crippen LogP contribution in [0.25, 0.3) is 15.9 Å². The van der Waals surface area contributed by atoms with Gasteiger partial charge in [-0.05, 0) is 36.6 Å². The van der Waals surface area contributed by atoms with E-state index in [0.717, 1.165) is 32.0 Å². The van der Waals surface area contributed by atoms with Crippen molar-refractivity contribution in [3.8, 4) is 5.75 Å². The van der Waals surface area contributed by atoms with Gasteiger partial charge in [0.25, 0.3) is 6.43 Å². The van der Waals surface area contributed by atoms with E-state index in [0.29, 0.717) is 31.7 Å². The van der Waals surface area contributed by atoms with Gasteiger partial charge in [0.2, 0.25) is 0 Å². The van der Waals surface area contributed by atoms with Gasteiger partial charge in [0, 0.05) is 18.0 Å². The van der Waals surface area contributed by atoms with Crippen LogP contribution in [0, 0.1) is 0 Å². The molecule has 1 aliphatic rings. The Bertz CT molecular complexity index is 1310. The SMILES string of the molecule is C.COc1ccc(Cn2c(=O)n3ncnc3c3c4c(sc32)CN(C(C)C(F)F)CC4)cc1. The summed E-state index contributed by atoms with van der Waals surface area (Å²) in [5, 5.41) is 5.04. The number of fused-ring (bicyclic) bond motifs is 5. The average Bonchev–Trinajstić information content (AvgIpc) is 3.40. The molecule has 0 radical (unpaired) electrons. The third kappa shape index (κ3) is 3.57. The van der Waals surface area contributed by atoms with Gasteiger partial charge in [-0.1, -0.05) is 19.6 Å². The topological polar surface area (TPSA) is 64.7 Å². The molecule has 0 aliphatic carbocycles. The summed E-state index contributed by atoms with van der Waals surface area (Å²) in [5.41, 5.74) is 2.29. The van der Waals surface area contributed by atoms with Gasteiger partial charge in [0.1, 0.15) is 16.9 Å². The number of methoxy groups -OCH3 is 1. The van der Waals surface area contributed by atoms with Crippen LogP contribution in [0.1, 0.15) is 30.4 Å². The van der Waals surface area contributed by atoms with Crippen molar-refractivity contribution in [1.82, 2.24) is 24.1 Å². The summed E-state index contributed by atoms with van der Waals surface area (Å²) in [5.74, 6) is 0.743. The van der Waals surface area contributed by atoms with Crippen LogP contribution < -0.4 is 10.4 Å². The lowest BCUT2D eigenvalue weighted by Gasteiger charge is -2.31. The van der Waals surface area contributed by atoms with Gasteiger partial charge < -0.3 is 4.74 Å². The lowest BCUT2D eigenvalue weighted by Crippen LogP contribution is -2.41. The number of aromatic nitrogens is 4. The number of hydrogen-bond acceptors (Lipinski definition) is 6. The molecule has 4 heterocycles. The summed E-state index contributed by atoms with van der Waals surface area (Å²) in [6.07, 6.45) is -0.380. The Hall–Kier alpha value is -2.85. The summed E-state index contributed by atoms with van der Waals surface area (Å²) in [6.45, 7) is 2.91. The van der Waals surface area contributed by atoms with E-state index in [4.69, 9.17) is 4.74 Å². The Morgan fingerprint density at radius 2 is 2.00 bits per heavy atom. The zero-order chi connectivity index (χ0) is 21.7. The molecule has 0 bridgehead atoms. The number of thiophene rings is 1. The molecule has 1 atom stereocenters. The minimum absolute atomic E-state index is 0. The van der Waals surface area contributed by atoms with Crippen molar-refractivity contribution < 1.29 is 13.5 Å². The minimum atomic E-state index is -2.40. The van der Waals surface area contributed by atoms with Crippen molar-refractivity contribution >= 4 is 27.2 Å². The number of rotatable bonds is 5. The maximum atomic E-state index is 13.3. The van der Waals surface area contributed by atoms with E-state index in [2.05, 4.69) is 10.1 Å². The van der Waals surface area contributed by atoms with Crippen LogP contribution in [0.5, 0.6) is 5.75 Å². The highest BCUT2D eigenvalue weighted by Crippen LogP contribution is 2.37. The third-order valence-electron chi connectivity index (χ3n) is 5.94. The highest BCUT2D eigenvalue weighted by atomic mass is 32.1. The molecular weight excluding hydrogens is 436 g/mol. The van der Waals surface area contributed by atoms with Gasteiger partial charge in [-0.15, -0.1) is 11.3 Å². The number of ether oxygens (including phenoxy) is 1. The van der Waals surface area contributed by atoms with Crippen molar-refractivity contribution in [3.63, 3.8) is 0 Å². The first-order valence-electron chi connectivity index (χ1n) is 10.00. The molecule has 1 aliphatic heterocycles. The van der Waals surface area contributed by atoms with Gasteiger partial charge in [0.15, 0.2) is 5.65 Å². The van der Waals surface area contributed by atoms with Crippen molar-refractivity contribution in [2.45, 2.75) is 46.3 Å². The summed E-state index contributed by atoms with van der Waals surface area (Å²) in [7, 11) is 1.61. The van der Waals surface area contributed by atoms with E-state index >= 15 is 0 Å². The van der Waals surface area contributed by atoms with Gasteiger partial charge in [0.05, 0.1) is 25.1 Å². The molecule has 0 N–H and O–H groups in total. The molecule has 0 saturated heterocycles. The fourth-order valence-corrected chi connectivity index (χ4v) is 5.50. The molecule has 7 nitrogen and oxygen atoms in total. The predicted octanol–water partition coefficient (Wildman–Crippen LogP) is 3.81. The smallest absolute Gasteiger partial charge is 0.352 e. The second-order valence-corrected chi connectivity index (χ2v) is 8.78. The van der Waals surface area contributed by atoms with Crippen LogP contribution in [0.4, 0.5) is 8.78 Å². The summed E-state index contributed by atoms with van der Waals surface area (Å²) < 4.78 is 34.8. The molecule has 0 spiro atoms. The van der Waals surface area contributed by atoms with Gasteiger partial charge in [-0.3, -0.25) is 9.47 Å². The Labute approximate surface area is 187 Å². The van der Waals surface area contributed by atoms with Crippen LogP contribution in [0.3, 0.4) is 0 Å². The van der Waals surface area contributed by atoms with Crippen LogP contribution in [0.2, 0.25) is 0 Å². The molecule has 1 aromatic carbocycles. The Morgan fingerprint density at radius 3 is 2.69 bits per heavy atom. The van der Waals surface area contributed by atoms with E-state index in [1.54, 1.807) is 23.5 Å². The van der Waals surface area contributed by atoms with Crippen molar-refractivity contribution in [3.05, 3.63) is 57.1 Å². The van der Waals surface area contributed by atoms with Gasteiger partial charge in [-0.2, -0.15) is 9.61 Å². The van der Waals surface area contributed by atoms with Gasteiger partial charge >= 0.3 is 5.69 Å². The Balaban J connectivity index is 0.00000245. The molecule has 10 heteroatoms. The van der Waals surface area contributed by atoms with E-state index in [-0.39, 0.29) is 13.1 Å². The summed E-state index contributed by atoms with van der Waals surface area (Å²) in [4.78, 5) is 21.1. The summed E-state index contributed by atoms with van der Waals surface area (Å²) >= 11 is 1.49. The third-order valence-corrected chi connectivity index (χ3v) is 7.18. The van der Waals surface area contributed by atoms with Crippen molar-refractivity contribution in [1.29, 1.82) is 0 Å². The second kappa shape index (κ2) is 8.59. The average molecular weight is 462 g/mol. The van der Waals surface area contributed by atoms with E-state index in [9.17, 15) is 13.6 Å². The van der Waals surface area contributed by atoms with Crippen LogP contribution in [-0.4, -0.2) is 50.2 Å². The molecule has 0 fully saturated rings. The molecule has 1 unspecified atom stereocenters. The number of nitrogens with zero attached hydrogens (tertiary/aromatic N) is 5. The molecule has 5 rings (SSSR count). The van der Waals surface area contributed by atoms with Crippen LogP contribution in [0.15, 0.2) is 35.4 Å². The molecular formula is C22H25F2N5O2S. The Kier molecular flexibility index (Phi) is 6.00. The number of benzene rings is 1. The lowest BCUT2D eigenvalue weighted by atomic mass is 10.0. The predicted molar refractivity (Wildman–Crippen MR) is 121 cm³/mol. The molecule has 0 amide bonds. The van der Waals surface area contributed by atoms with Crippen molar-refractivity contribution in [2.75, 3.05) is 13.7 Å². The highest BCUT2D eigenvalue weighted by molar-refractivity contribution is 7.19. The second-order valence-electron chi connectivity index (χ2n) is 7.69. The quantitative estimate of drug-likeness (QED) is 0.452. The lowest BCUT2D eigenvalue weighted by molar-refractivity contribution is 0.0285. The van der Waals surface area contributed by atoms with Crippen LogP contribution >= 0.6 is 11.3 Å². The Morgan fingerprint density at radius 1 is 1.25 bits per heavy atom. The first-order valence-corrected chi connectivity index (χ1v) is 10.8. The number of halogens is 2. The first-order chi connectivity index (χ1) is 15.0. The van der Waals surface area contributed by atoms with E-state index in [1.807, 2.05) is 24.3 Å². The van der Waals surface area contributed by atoms with E-state index in [1.165, 1.54) is 22.2 Å². The fraction of sp³-hybridized carbons (Fsp3) is 0.409. The molecule has 170 valence electrons. The zero-order valence-electron chi connectivity index (χ0n) is 17.1. The van der Waals surface area contributed by atoms with Crippen molar-refractivity contribution in [2.24, 2.45) is 0 Å². The molecule has 3 aromatic heterocycles. The zero-order valence-corrected chi connectivity index (χ0v) is 17.9. The molecule has 32 heavy (non-hydrogen) atoms. The normalized spacial score (nSPS) is 15.2. The highest BCUT2D eigenvalue weighted by Gasteiger charge is 2.30. The van der Waals surface area contributed by atoms with Gasteiger partial charge in [-0.25, -0.2) is 18.6 Å². The van der Waals surface area contributed by atoms with E-state index < -0.39 is 12.5 Å². The monoisotopic (exact) mass is 461 g/mol. The first kappa shape index (κ1) is 22.3. The fourth-order valence-electron chi connectivity index (χ4n) is 4.14. The maximum Gasteiger partial charge on any atom is 0.352 e. The van der Waals surface area contributed by atoms with Crippen LogP contribution in [-0.2, 0) is 19.5 Å². The largest absolute Gasteiger partial charge is 0.497 e. The molecule has 4 aromatic rings.